The van der Waals surface area contributed by atoms with Crippen molar-refractivity contribution in [3.63, 3.8) is 0 Å². The van der Waals surface area contributed by atoms with Gasteiger partial charge in [0.1, 0.15) is 11.9 Å². The molecule has 3 rings (SSSR count). The van der Waals surface area contributed by atoms with Gasteiger partial charge in [0.15, 0.2) is 0 Å². The molecule has 1 atom stereocenters. The Kier molecular flexibility index (Phi) is 4.35. The third-order valence-corrected chi connectivity index (χ3v) is 3.70. The number of benzene rings is 1. The molecule has 0 spiro atoms. The number of halogens is 1. The molecule has 0 bridgehead atoms. The van der Waals surface area contributed by atoms with Crippen LogP contribution < -0.4 is 16.0 Å². The lowest BCUT2D eigenvalue weighted by Crippen LogP contribution is -2.14. The van der Waals surface area contributed by atoms with Gasteiger partial charge in [0.2, 0.25) is 5.56 Å². The number of nitrogens with one attached hydrogen (secondary N) is 1. The van der Waals surface area contributed by atoms with Crippen LogP contribution in [0.5, 0.6) is 5.75 Å². The van der Waals surface area contributed by atoms with Gasteiger partial charge >= 0.3 is 0 Å². The summed E-state index contributed by atoms with van der Waals surface area (Å²) >= 11 is 0. The molecule has 0 fully saturated rings. The second-order valence-electron chi connectivity index (χ2n) is 5.17. The monoisotopic (exact) mass is 294 g/mol. The zero-order valence-corrected chi connectivity index (χ0v) is 12.3. The summed E-state index contributed by atoms with van der Waals surface area (Å²) in [7, 11) is 0. The molecular weight excluding hydrogens is 276 g/mol. The number of ether oxygens (including phenoxy) is 1. The van der Waals surface area contributed by atoms with Gasteiger partial charge in [-0.2, -0.15) is 0 Å². The van der Waals surface area contributed by atoms with Crippen LogP contribution in [-0.4, -0.2) is 17.6 Å². The maximum atomic E-state index is 11.4. The van der Waals surface area contributed by atoms with Gasteiger partial charge in [-0.3, -0.25) is 4.79 Å². The summed E-state index contributed by atoms with van der Waals surface area (Å²) in [6, 6.07) is 5.53. The Balaban J connectivity index is 0.00000147. The van der Waals surface area contributed by atoms with Crippen LogP contribution >= 0.6 is 12.4 Å². The van der Waals surface area contributed by atoms with Gasteiger partial charge in [0.25, 0.3) is 0 Å². The minimum absolute atomic E-state index is 0. The minimum atomic E-state index is -0.0757. The molecule has 108 valence electrons. The van der Waals surface area contributed by atoms with Crippen molar-refractivity contribution in [1.82, 2.24) is 4.98 Å². The number of aromatic amines is 1. The second kappa shape index (κ2) is 5.85. The Morgan fingerprint density at radius 2 is 2.25 bits per heavy atom. The molecule has 2 heterocycles. The van der Waals surface area contributed by atoms with E-state index in [1.54, 1.807) is 6.07 Å². The number of rotatable bonds is 3. The van der Waals surface area contributed by atoms with Crippen molar-refractivity contribution in [2.75, 3.05) is 6.54 Å². The Hall–Kier alpha value is -1.52. The highest BCUT2D eigenvalue weighted by molar-refractivity contribution is 5.89. The quantitative estimate of drug-likeness (QED) is 0.913. The van der Waals surface area contributed by atoms with E-state index in [-0.39, 0.29) is 24.1 Å². The molecule has 20 heavy (non-hydrogen) atoms. The number of pyridine rings is 1. The van der Waals surface area contributed by atoms with Gasteiger partial charge in [-0.25, -0.2) is 0 Å². The molecule has 1 aliphatic rings. The third kappa shape index (κ3) is 2.53. The van der Waals surface area contributed by atoms with Crippen molar-refractivity contribution >= 4 is 23.3 Å². The van der Waals surface area contributed by atoms with Crippen LogP contribution in [0.15, 0.2) is 23.0 Å². The van der Waals surface area contributed by atoms with E-state index in [4.69, 9.17) is 10.5 Å². The Labute approximate surface area is 123 Å². The summed E-state index contributed by atoms with van der Waals surface area (Å²) in [5.74, 6) is 0.930. The number of hydrogen-bond acceptors (Lipinski definition) is 3. The SMILES string of the molecule is Cc1cc2c(c3ccc(=O)[nH]c13)OC(CCCN)C2.Cl. The summed E-state index contributed by atoms with van der Waals surface area (Å²) in [5, 5.41) is 1.00. The van der Waals surface area contributed by atoms with E-state index in [2.05, 4.69) is 11.1 Å². The highest BCUT2D eigenvalue weighted by atomic mass is 35.5. The van der Waals surface area contributed by atoms with Gasteiger partial charge in [-0.05, 0) is 43.5 Å². The normalized spacial score (nSPS) is 16.6. The number of H-pyrrole nitrogens is 1. The van der Waals surface area contributed by atoms with Crippen molar-refractivity contribution < 1.29 is 4.74 Å². The zero-order chi connectivity index (χ0) is 13.4. The highest BCUT2D eigenvalue weighted by Gasteiger charge is 2.25. The first-order valence-electron chi connectivity index (χ1n) is 6.71. The lowest BCUT2D eigenvalue weighted by Gasteiger charge is -2.11. The van der Waals surface area contributed by atoms with Crippen LogP contribution in [0.25, 0.3) is 10.9 Å². The Morgan fingerprint density at radius 1 is 1.45 bits per heavy atom. The van der Waals surface area contributed by atoms with Gasteiger partial charge in [-0.1, -0.05) is 6.07 Å². The molecule has 0 saturated carbocycles. The van der Waals surface area contributed by atoms with Gasteiger partial charge < -0.3 is 15.5 Å². The standard InChI is InChI=1S/C15H18N2O2.ClH/c1-9-7-10-8-11(3-2-6-16)19-15(10)12-4-5-13(18)17-14(9)12;/h4-5,7,11H,2-3,6,8,16H2,1H3,(H,17,18);1H. The van der Waals surface area contributed by atoms with Crippen LogP contribution in [0.2, 0.25) is 0 Å². The molecule has 0 aliphatic carbocycles. The molecule has 2 aromatic rings. The number of aromatic nitrogens is 1. The number of hydrogen-bond donors (Lipinski definition) is 2. The Morgan fingerprint density at radius 3 is 3.00 bits per heavy atom. The van der Waals surface area contributed by atoms with E-state index < -0.39 is 0 Å². The van der Waals surface area contributed by atoms with Crippen LogP contribution in [0.1, 0.15) is 24.0 Å². The molecule has 5 heteroatoms. The summed E-state index contributed by atoms with van der Waals surface area (Å²) < 4.78 is 6.04. The van der Waals surface area contributed by atoms with Gasteiger partial charge in [0.05, 0.1) is 5.52 Å². The van der Waals surface area contributed by atoms with E-state index in [1.807, 2.05) is 13.0 Å². The summed E-state index contributed by atoms with van der Waals surface area (Å²) in [6.07, 6.45) is 3.11. The fourth-order valence-corrected chi connectivity index (χ4v) is 2.80. The van der Waals surface area contributed by atoms with Crippen LogP contribution in [-0.2, 0) is 6.42 Å². The Bertz CT molecular complexity index is 681. The molecule has 1 aromatic carbocycles. The highest BCUT2D eigenvalue weighted by Crippen LogP contribution is 2.37. The van der Waals surface area contributed by atoms with Crippen molar-refractivity contribution in [3.05, 3.63) is 39.7 Å². The van der Waals surface area contributed by atoms with E-state index >= 15 is 0 Å². The molecule has 1 aliphatic heterocycles. The number of aryl methyl sites for hydroxylation is 1. The van der Waals surface area contributed by atoms with Crippen LogP contribution in [0.3, 0.4) is 0 Å². The maximum Gasteiger partial charge on any atom is 0.248 e. The van der Waals surface area contributed by atoms with Crippen molar-refractivity contribution in [1.29, 1.82) is 0 Å². The zero-order valence-electron chi connectivity index (χ0n) is 11.4. The van der Waals surface area contributed by atoms with Crippen molar-refractivity contribution in [2.45, 2.75) is 32.3 Å². The first kappa shape index (κ1) is 14.9. The molecule has 0 amide bonds. The molecule has 3 N–H and O–H groups in total. The topological polar surface area (TPSA) is 68.1 Å². The molecule has 1 unspecified atom stereocenters. The predicted octanol–water partition coefficient (Wildman–Crippen LogP) is 2.30. The lowest BCUT2D eigenvalue weighted by atomic mass is 10.0. The van der Waals surface area contributed by atoms with E-state index in [0.717, 1.165) is 41.5 Å². The average molecular weight is 295 g/mol. The number of nitrogens with two attached hydrogens (primary N) is 1. The first-order valence-corrected chi connectivity index (χ1v) is 6.71. The minimum Gasteiger partial charge on any atom is -0.489 e. The fourth-order valence-electron chi connectivity index (χ4n) is 2.80. The fraction of sp³-hybridized carbons (Fsp3) is 0.400. The van der Waals surface area contributed by atoms with Crippen LogP contribution in [0, 0.1) is 6.92 Å². The summed E-state index contributed by atoms with van der Waals surface area (Å²) in [6.45, 7) is 2.72. The molecule has 0 radical (unpaired) electrons. The average Bonchev–Trinajstić information content (AvgIpc) is 2.79. The smallest absolute Gasteiger partial charge is 0.248 e. The van der Waals surface area contributed by atoms with E-state index in [9.17, 15) is 4.79 Å². The predicted molar refractivity (Wildman–Crippen MR) is 83.0 cm³/mol. The second-order valence-corrected chi connectivity index (χ2v) is 5.17. The lowest BCUT2D eigenvalue weighted by molar-refractivity contribution is 0.221. The van der Waals surface area contributed by atoms with Gasteiger partial charge in [-0.15, -0.1) is 12.4 Å². The van der Waals surface area contributed by atoms with Crippen molar-refractivity contribution in [3.8, 4) is 5.75 Å². The van der Waals surface area contributed by atoms with E-state index in [0.29, 0.717) is 6.54 Å². The summed E-state index contributed by atoms with van der Waals surface area (Å²) in [5.41, 5.74) is 8.68. The first-order chi connectivity index (χ1) is 9.19. The third-order valence-electron chi connectivity index (χ3n) is 3.70. The molecular formula is C15H19ClN2O2. The molecule has 4 nitrogen and oxygen atoms in total. The number of fused-ring (bicyclic) bond motifs is 3. The molecule has 1 aromatic heterocycles. The summed E-state index contributed by atoms with van der Waals surface area (Å²) in [4.78, 5) is 14.3. The van der Waals surface area contributed by atoms with Gasteiger partial charge in [0, 0.05) is 17.9 Å². The van der Waals surface area contributed by atoms with Crippen LogP contribution in [0.4, 0.5) is 0 Å². The maximum absolute atomic E-state index is 11.4. The van der Waals surface area contributed by atoms with Crippen molar-refractivity contribution in [2.24, 2.45) is 5.73 Å². The largest absolute Gasteiger partial charge is 0.489 e. The van der Waals surface area contributed by atoms with E-state index in [1.165, 1.54) is 5.56 Å². The molecule has 0 saturated heterocycles.